The molecule has 3 rings (SSSR count). The van der Waals surface area contributed by atoms with Crippen LogP contribution in [-0.4, -0.2) is 6.54 Å². The molecule has 0 unspecified atom stereocenters. The molecular formula is C15H15ClN2. The first-order chi connectivity index (χ1) is 8.74. The Morgan fingerprint density at radius 1 is 1.06 bits per heavy atom. The number of fused-ring (bicyclic) bond motifs is 1. The maximum Gasteiger partial charge on any atom is 0.0617 e. The lowest BCUT2D eigenvalue weighted by atomic mass is 9.99. The fraction of sp³-hybridized carbons (Fsp3) is 0.200. The SMILES string of the molecule is Nc1ccc(Cl)cc1N1CCc2ccccc2C1. The van der Waals surface area contributed by atoms with Crippen molar-refractivity contribution in [2.24, 2.45) is 0 Å². The lowest BCUT2D eigenvalue weighted by molar-refractivity contribution is 0.733. The third kappa shape index (κ3) is 2.04. The number of hydrogen-bond acceptors (Lipinski definition) is 2. The van der Waals surface area contributed by atoms with E-state index in [1.165, 1.54) is 11.1 Å². The summed E-state index contributed by atoms with van der Waals surface area (Å²) >= 11 is 6.05. The molecule has 2 aromatic carbocycles. The van der Waals surface area contributed by atoms with E-state index in [2.05, 4.69) is 29.2 Å². The predicted molar refractivity (Wildman–Crippen MR) is 77.1 cm³/mol. The molecule has 0 radical (unpaired) electrons. The van der Waals surface area contributed by atoms with Crippen molar-refractivity contribution in [3.63, 3.8) is 0 Å². The van der Waals surface area contributed by atoms with Gasteiger partial charge in [0.25, 0.3) is 0 Å². The van der Waals surface area contributed by atoms with Crippen molar-refractivity contribution in [1.29, 1.82) is 0 Å². The number of nitrogen functional groups attached to an aromatic ring is 1. The Kier molecular flexibility index (Phi) is 2.88. The van der Waals surface area contributed by atoms with E-state index in [9.17, 15) is 0 Å². The summed E-state index contributed by atoms with van der Waals surface area (Å²) < 4.78 is 0. The third-order valence-electron chi connectivity index (χ3n) is 3.46. The van der Waals surface area contributed by atoms with Crippen LogP contribution in [-0.2, 0) is 13.0 Å². The molecule has 1 aliphatic heterocycles. The molecule has 0 aromatic heterocycles. The van der Waals surface area contributed by atoms with Crippen molar-refractivity contribution in [3.05, 3.63) is 58.6 Å². The minimum atomic E-state index is 0.734. The Hall–Kier alpha value is -1.67. The molecule has 18 heavy (non-hydrogen) atoms. The van der Waals surface area contributed by atoms with E-state index in [1.807, 2.05) is 18.2 Å². The Balaban J connectivity index is 1.94. The molecule has 1 aliphatic rings. The summed E-state index contributed by atoms with van der Waals surface area (Å²) in [6.07, 6.45) is 1.06. The van der Waals surface area contributed by atoms with Crippen LogP contribution in [0.4, 0.5) is 11.4 Å². The van der Waals surface area contributed by atoms with Crippen LogP contribution < -0.4 is 10.6 Å². The largest absolute Gasteiger partial charge is 0.397 e. The predicted octanol–water partition coefficient (Wildman–Crippen LogP) is 3.48. The average molecular weight is 259 g/mol. The fourth-order valence-electron chi connectivity index (χ4n) is 2.49. The summed E-state index contributed by atoms with van der Waals surface area (Å²) in [7, 11) is 0. The Morgan fingerprint density at radius 3 is 2.67 bits per heavy atom. The zero-order chi connectivity index (χ0) is 12.5. The van der Waals surface area contributed by atoms with Crippen LogP contribution in [0.15, 0.2) is 42.5 Å². The topological polar surface area (TPSA) is 29.3 Å². The minimum absolute atomic E-state index is 0.734. The van der Waals surface area contributed by atoms with Crippen LogP contribution in [0.25, 0.3) is 0 Å². The van der Waals surface area contributed by atoms with E-state index in [-0.39, 0.29) is 0 Å². The Morgan fingerprint density at radius 2 is 1.83 bits per heavy atom. The summed E-state index contributed by atoms with van der Waals surface area (Å²) in [4.78, 5) is 2.30. The van der Waals surface area contributed by atoms with Gasteiger partial charge in [0.2, 0.25) is 0 Å². The first kappa shape index (κ1) is 11.4. The highest BCUT2D eigenvalue weighted by molar-refractivity contribution is 6.31. The first-order valence-electron chi connectivity index (χ1n) is 6.11. The average Bonchev–Trinajstić information content (AvgIpc) is 2.41. The molecule has 1 heterocycles. The van der Waals surface area contributed by atoms with Gasteiger partial charge in [-0.1, -0.05) is 35.9 Å². The van der Waals surface area contributed by atoms with Crippen molar-refractivity contribution < 1.29 is 0 Å². The smallest absolute Gasteiger partial charge is 0.0617 e. The second-order valence-electron chi connectivity index (χ2n) is 4.64. The molecule has 2 nitrogen and oxygen atoms in total. The van der Waals surface area contributed by atoms with E-state index < -0.39 is 0 Å². The molecule has 0 bridgehead atoms. The highest BCUT2D eigenvalue weighted by Crippen LogP contribution is 2.31. The molecule has 2 N–H and O–H groups in total. The third-order valence-corrected chi connectivity index (χ3v) is 3.70. The number of benzene rings is 2. The lowest BCUT2D eigenvalue weighted by Gasteiger charge is -2.31. The van der Waals surface area contributed by atoms with Gasteiger partial charge in [-0.3, -0.25) is 0 Å². The lowest BCUT2D eigenvalue weighted by Crippen LogP contribution is -2.30. The van der Waals surface area contributed by atoms with Crippen LogP contribution in [0.3, 0.4) is 0 Å². The quantitative estimate of drug-likeness (QED) is 0.794. The van der Waals surface area contributed by atoms with Gasteiger partial charge >= 0.3 is 0 Å². The van der Waals surface area contributed by atoms with Crippen molar-refractivity contribution >= 4 is 23.0 Å². The van der Waals surface area contributed by atoms with Gasteiger partial charge in [0.1, 0.15) is 0 Å². The summed E-state index contributed by atoms with van der Waals surface area (Å²) in [6.45, 7) is 1.89. The standard InChI is InChI=1S/C15H15ClN2/c16-13-5-6-14(17)15(9-13)18-8-7-11-3-1-2-4-12(11)10-18/h1-6,9H,7-8,10,17H2. The van der Waals surface area contributed by atoms with Gasteiger partial charge in [-0.25, -0.2) is 0 Å². The summed E-state index contributed by atoms with van der Waals surface area (Å²) in [5.41, 5.74) is 10.7. The van der Waals surface area contributed by atoms with Crippen molar-refractivity contribution in [3.8, 4) is 0 Å². The molecule has 0 spiro atoms. The normalized spacial score (nSPS) is 14.4. The number of hydrogen-bond donors (Lipinski definition) is 1. The fourth-order valence-corrected chi connectivity index (χ4v) is 2.66. The van der Waals surface area contributed by atoms with E-state index in [0.29, 0.717) is 0 Å². The maximum absolute atomic E-state index is 6.05. The van der Waals surface area contributed by atoms with Crippen LogP contribution >= 0.6 is 11.6 Å². The van der Waals surface area contributed by atoms with Gasteiger partial charge in [-0.2, -0.15) is 0 Å². The molecule has 3 heteroatoms. The van der Waals surface area contributed by atoms with Crippen LogP contribution in [0.1, 0.15) is 11.1 Å². The van der Waals surface area contributed by atoms with Crippen molar-refractivity contribution in [1.82, 2.24) is 0 Å². The summed E-state index contributed by atoms with van der Waals surface area (Å²) in [5, 5.41) is 0.734. The first-order valence-corrected chi connectivity index (χ1v) is 6.48. The van der Waals surface area contributed by atoms with Gasteiger partial charge in [0.05, 0.1) is 11.4 Å². The highest BCUT2D eigenvalue weighted by Gasteiger charge is 2.17. The van der Waals surface area contributed by atoms with Gasteiger partial charge in [-0.05, 0) is 35.7 Å². The molecule has 0 fully saturated rings. The van der Waals surface area contributed by atoms with E-state index in [1.54, 1.807) is 0 Å². The zero-order valence-corrected chi connectivity index (χ0v) is 10.8. The number of nitrogens with zero attached hydrogens (tertiary/aromatic N) is 1. The number of anilines is 2. The van der Waals surface area contributed by atoms with Crippen LogP contribution in [0.5, 0.6) is 0 Å². The minimum Gasteiger partial charge on any atom is -0.397 e. The van der Waals surface area contributed by atoms with Gasteiger partial charge in [0.15, 0.2) is 0 Å². The zero-order valence-electron chi connectivity index (χ0n) is 10.1. The Labute approximate surface area is 112 Å². The summed E-state index contributed by atoms with van der Waals surface area (Å²) in [6, 6.07) is 14.2. The molecule has 0 aliphatic carbocycles. The van der Waals surface area contributed by atoms with Crippen molar-refractivity contribution in [2.45, 2.75) is 13.0 Å². The van der Waals surface area contributed by atoms with E-state index in [4.69, 9.17) is 17.3 Å². The Bertz CT molecular complexity index is 580. The second kappa shape index (κ2) is 4.54. The molecule has 92 valence electrons. The molecule has 0 atom stereocenters. The second-order valence-corrected chi connectivity index (χ2v) is 5.08. The maximum atomic E-state index is 6.05. The van der Waals surface area contributed by atoms with Crippen LogP contribution in [0.2, 0.25) is 5.02 Å². The molecule has 0 saturated carbocycles. The van der Waals surface area contributed by atoms with Gasteiger partial charge < -0.3 is 10.6 Å². The molecular weight excluding hydrogens is 244 g/mol. The number of rotatable bonds is 1. The van der Waals surface area contributed by atoms with E-state index >= 15 is 0 Å². The molecule has 2 aromatic rings. The highest BCUT2D eigenvalue weighted by atomic mass is 35.5. The van der Waals surface area contributed by atoms with Crippen LogP contribution in [0, 0.1) is 0 Å². The van der Waals surface area contributed by atoms with Crippen molar-refractivity contribution in [2.75, 3.05) is 17.2 Å². The van der Waals surface area contributed by atoms with Gasteiger partial charge in [-0.15, -0.1) is 0 Å². The molecule has 0 saturated heterocycles. The van der Waals surface area contributed by atoms with E-state index in [0.717, 1.165) is 35.9 Å². The van der Waals surface area contributed by atoms with Gasteiger partial charge in [0, 0.05) is 18.1 Å². The molecule has 0 amide bonds. The number of nitrogens with two attached hydrogens (primary N) is 1. The number of halogens is 1. The monoisotopic (exact) mass is 258 g/mol. The summed E-state index contributed by atoms with van der Waals surface area (Å²) in [5.74, 6) is 0.